The van der Waals surface area contributed by atoms with Crippen molar-refractivity contribution in [3.05, 3.63) is 29.3 Å². The molecule has 0 aliphatic rings. The van der Waals surface area contributed by atoms with Crippen LogP contribution < -0.4 is 5.32 Å². The molecule has 1 N–H and O–H groups in total. The zero-order valence-electron chi connectivity index (χ0n) is 15.7. The van der Waals surface area contributed by atoms with Crippen LogP contribution in [0.1, 0.15) is 51.7 Å². The molecule has 0 radical (unpaired) electrons. The topological polar surface area (TPSA) is 58.6 Å². The number of benzene rings is 1. The van der Waals surface area contributed by atoms with Gasteiger partial charge in [-0.3, -0.25) is 9.69 Å². The number of nitrogens with one attached hydrogen (secondary N) is 1. The standard InChI is InChI=1S/C19H30N2O3/c1-7-8-12-21(18(23)24-19(4,5)6)13-16(22)20-17-14(2)10-9-11-15(17)3/h9-11H,7-8,12-13H2,1-6H3,(H,20,22). The normalized spacial score (nSPS) is 11.1. The van der Waals surface area contributed by atoms with E-state index < -0.39 is 11.7 Å². The van der Waals surface area contributed by atoms with E-state index in [0.29, 0.717) is 6.54 Å². The van der Waals surface area contributed by atoms with Crippen molar-refractivity contribution < 1.29 is 14.3 Å². The van der Waals surface area contributed by atoms with Crippen LogP contribution >= 0.6 is 0 Å². The molecule has 0 fully saturated rings. The summed E-state index contributed by atoms with van der Waals surface area (Å²) < 4.78 is 5.40. The second kappa shape index (κ2) is 8.71. The monoisotopic (exact) mass is 334 g/mol. The van der Waals surface area contributed by atoms with Crippen molar-refractivity contribution in [2.24, 2.45) is 0 Å². The van der Waals surface area contributed by atoms with Crippen molar-refractivity contribution in [3.8, 4) is 0 Å². The minimum absolute atomic E-state index is 0.0112. The van der Waals surface area contributed by atoms with Crippen molar-refractivity contribution in [3.63, 3.8) is 0 Å². The lowest BCUT2D eigenvalue weighted by molar-refractivity contribution is -0.117. The van der Waals surface area contributed by atoms with Gasteiger partial charge in [-0.2, -0.15) is 0 Å². The third kappa shape index (κ3) is 6.60. The first-order valence-electron chi connectivity index (χ1n) is 8.48. The summed E-state index contributed by atoms with van der Waals surface area (Å²) >= 11 is 0. The second-order valence-electron chi connectivity index (χ2n) is 7.07. The maximum Gasteiger partial charge on any atom is 0.410 e. The summed E-state index contributed by atoms with van der Waals surface area (Å²) in [4.78, 5) is 26.2. The summed E-state index contributed by atoms with van der Waals surface area (Å²) in [7, 11) is 0. The molecular weight excluding hydrogens is 304 g/mol. The number of ether oxygens (including phenoxy) is 1. The maximum absolute atomic E-state index is 12.4. The predicted octanol–water partition coefficient (Wildman–Crippen LogP) is 4.28. The number of hydrogen-bond acceptors (Lipinski definition) is 3. The fraction of sp³-hybridized carbons (Fsp3) is 0.579. The molecule has 1 rings (SSSR count). The maximum atomic E-state index is 12.4. The summed E-state index contributed by atoms with van der Waals surface area (Å²) in [6.07, 6.45) is 1.32. The van der Waals surface area contributed by atoms with E-state index in [1.54, 1.807) is 0 Å². The molecule has 0 aliphatic heterocycles. The number of carbonyl (C=O) groups excluding carboxylic acids is 2. The van der Waals surface area contributed by atoms with Crippen LogP contribution in [-0.2, 0) is 9.53 Å². The Morgan fingerprint density at radius 1 is 1.17 bits per heavy atom. The van der Waals surface area contributed by atoms with Gasteiger partial charge in [0.25, 0.3) is 0 Å². The van der Waals surface area contributed by atoms with Crippen LogP contribution in [0.3, 0.4) is 0 Å². The van der Waals surface area contributed by atoms with E-state index in [2.05, 4.69) is 5.32 Å². The Morgan fingerprint density at radius 3 is 2.25 bits per heavy atom. The third-order valence-electron chi connectivity index (χ3n) is 3.51. The van der Waals surface area contributed by atoms with Gasteiger partial charge in [-0.05, 0) is 52.2 Å². The Hall–Kier alpha value is -2.04. The Bertz CT molecular complexity index is 556. The van der Waals surface area contributed by atoms with Crippen molar-refractivity contribution in [2.75, 3.05) is 18.4 Å². The van der Waals surface area contributed by atoms with Gasteiger partial charge in [0.15, 0.2) is 0 Å². The van der Waals surface area contributed by atoms with Crippen molar-refractivity contribution >= 4 is 17.7 Å². The highest BCUT2D eigenvalue weighted by Crippen LogP contribution is 2.19. The van der Waals surface area contributed by atoms with Crippen LogP contribution in [-0.4, -0.2) is 35.6 Å². The molecule has 0 spiro atoms. The predicted molar refractivity (Wildman–Crippen MR) is 97.3 cm³/mol. The first-order valence-corrected chi connectivity index (χ1v) is 8.48. The zero-order valence-corrected chi connectivity index (χ0v) is 15.7. The molecule has 0 aromatic heterocycles. The lowest BCUT2D eigenvalue weighted by atomic mass is 10.1. The van der Waals surface area contributed by atoms with Gasteiger partial charge in [0.2, 0.25) is 5.91 Å². The van der Waals surface area contributed by atoms with Crippen LogP contribution in [0.2, 0.25) is 0 Å². The second-order valence-corrected chi connectivity index (χ2v) is 7.07. The fourth-order valence-electron chi connectivity index (χ4n) is 2.27. The third-order valence-corrected chi connectivity index (χ3v) is 3.51. The highest BCUT2D eigenvalue weighted by molar-refractivity contribution is 5.95. The fourth-order valence-corrected chi connectivity index (χ4v) is 2.27. The Morgan fingerprint density at radius 2 is 1.75 bits per heavy atom. The molecule has 0 saturated carbocycles. The molecule has 1 aromatic carbocycles. The molecule has 0 unspecified atom stereocenters. The molecule has 5 heteroatoms. The summed E-state index contributed by atoms with van der Waals surface area (Å²) in [6, 6.07) is 5.85. The number of para-hydroxylation sites is 1. The molecule has 134 valence electrons. The number of carbonyl (C=O) groups is 2. The molecule has 5 nitrogen and oxygen atoms in total. The van der Waals surface area contributed by atoms with Crippen LogP contribution in [0.25, 0.3) is 0 Å². The van der Waals surface area contributed by atoms with E-state index in [1.165, 1.54) is 4.90 Å². The smallest absolute Gasteiger partial charge is 0.410 e. The molecule has 0 saturated heterocycles. The van der Waals surface area contributed by atoms with Gasteiger partial charge in [-0.15, -0.1) is 0 Å². The number of unbranched alkanes of at least 4 members (excludes halogenated alkanes) is 1. The lowest BCUT2D eigenvalue weighted by Crippen LogP contribution is -2.42. The summed E-state index contributed by atoms with van der Waals surface area (Å²) in [5, 5.41) is 2.91. The van der Waals surface area contributed by atoms with E-state index in [4.69, 9.17) is 4.74 Å². The van der Waals surface area contributed by atoms with E-state index in [1.807, 2.05) is 59.7 Å². The van der Waals surface area contributed by atoms with Gasteiger partial charge in [0.05, 0.1) is 0 Å². The first kappa shape index (κ1) is 20.0. The Labute approximate surface area is 145 Å². The molecule has 0 bridgehead atoms. The molecule has 1 aromatic rings. The van der Waals surface area contributed by atoms with Gasteiger partial charge in [-0.1, -0.05) is 31.5 Å². The molecule has 0 aliphatic carbocycles. The number of anilines is 1. The van der Waals surface area contributed by atoms with E-state index >= 15 is 0 Å². The Kier molecular flexibility index (Phi) is 7.26. The lowest BCUT2D eigenvalue weighted by Gasteiger charge is -2.27. The molecule has 2 amide bonds. The summed E-state index contributed by atoms with van der Waals surface area (Å²) in [6.45, 7) is 11.9. The highest BCUT2D eigenvalue weighted by atomic mass is 16.6. The largest absolute Gasteiger partial charge is 0.444 e. The average Bonchev–Trinajstić information content (AvgIpc) is 2.45. The number of nitrogens with zero attached hydrogens (tertiary/aromatic N) is 1. The highest BCUT2D eigenvalue weighted by Gasteiger charge is 2.23. The van der Waals surface area contributed by atoms with E-state index in [-0.39, 0.29) is 12.5 Å². The van der Waals surface area contributed by atoms with Gasteiger partial charge >= 0.3 is 6.09 Å². The van der Waals surface area contributed by atoms with Crippen LogP contribution in [0.5, 0.6) is 0 Å². The number of aryl methyl sites for hydroxylation is 2. The van der Waals surface area contributed by atoms with E-state index in [9.17, 15) is 9.59 Å². The quantitative estimate of drug-likeness (QED) is 0.845. The summed E-state index contributed by atoms with van der Waals surface area (Å²) in [5.41, 5.74) is 2.23. The van der Waals surface area contributed by atoms with Crippen LogP contribution in [0.15, 0.2) is 18.2 Å². The Balaban J connectivity index is 2.78. The zero-order chi connectivity index (χ0) is 18.3. The number of amides is 2. The SMILES string of the molecule is CCCCN(CC(=O)Nc1c(C)cccc1C)C(=O)OC(C)(C)C. The minimum Gasteiger partial charge on any atom is -0.444 e. The minimum atomic E-state index is -0.579. The molecular formula is C19H30N2O3. The number of rotatable bonds is 6. The van der Waals surface area contributed by atoms with Crippen molar-refractivity contribution in [1.29, 1.82) is 0 Å². The van der Waals surface area contributed by atoms with Gasteiger partial charge in [-0.25, -0.2) is 4.79 Å². The molecule has 0 atom stereocenters. The van der Waals surface area contributed by atoms with Gasteiger partial charge in [0, 0.05) is 12.2 Å². The van der Waals surface area contributed by atoms with Gasteiger partial charge in [0.1, 0.15) is 12.1 Å². The van der Waals surface area contributed by atoms with Crippen molar-refractivity contribution in [1.82, 2.24) is 4.90 Å². The molecule has 24 heavy (non-hydrogen) atoms. The van der Waals surface area contributed by atoms with E-state index in [0.717, 1.165) is 29.7 Å². The van der Waals surface area contributed by atoms with Crippen molar-refractivity contribution in [2.45, 2.75) is 60.0 Å². The number of hydrogen-bond donors (Lipinski definition) is 1. The van der Waals surface area contributed by atoms with Crippen LogP contribution in [0.4, 0.5) is 10.5 Å². The van der Waals surface area contributed by atoms with Gasteiger partial charge < -0.3 is 10.1 Å². The molecule has 0 heterocycles. The summed E-state index contributed by atoms with van der Waals surface area (Å²) in [5.74, 6) is -0.214. The first-order chi connectivity index (χ1) is 11.1. The van der Waals surface area contributed by atoms with Crippen LogP contribution in [0, 0.1) is 13.8 Å². The average molecular weight is 334 g/mol.